The van der Waals surface area contributed by atoms with Gasteiger partial charge in [0.25, 0.3) is 5.78 Å². The number of benzene rings is 1. The second-order valence-corrected chi connectivity index (χ2v) is 7.01. The van der Waals surface area contributed by atoms with Crippen LogP contribution in [0.25, 0.3) is 17.2 Å². The number of Topliss-reactive ketones (excluding diaryl/α,β-unsaturated/α-hetero) is 1. The molecule has 4 aromatic rings. The highest BCUT2D eigenvalue weighted by molar-refractivity contribution is 5.97. The van der Waals surface area contributed by atoms with Crippen molar-refractivity contribution >= 4 is 23.2 Å². The topological polar surface area (TPSA) is 102 Å². The molecular weight excluding hydrogens is 380 g/mol. The van der Waals surface area contributed by atoms with Gasteiger partial charge in [0.1, 0.15) is 0 Å². The van der Waals surface area contributed by atoms with E-state index in [2.05, 4.69) is 25.4 Å². The van der Waals surface area contributed by atoms with E-state index < -0.39 is 0 Å². The van der Waals surface area contributed by atoms with E-state index in [-0.39, 0.29) is 18.1 Å². The van der Waals surface area contributed by atoms with Crippen molar-refractivity contribution in [2.45, 2.75) is 27.2 Å². The number of nitrogens with one attached hydrogen (secondary N) is 1. The summed E-state index contributed by atoms with van der Waals surface area (Å²) in [5.74, 6) is 0.751. The van der Waals surface area contributed by atoms with E-state index in [0.29, 0.717) is 22.9 Å². The standard InChI is InChI=1S/C22H20N6O2/c1-13-19(11-20(30)25-18-8-4-6-16(10-18)15(3)29)14(2)28-22(24-13)26-21(27-28)17-7-5-9-23-12-17/h4-10,12H,11H2,1-3H3,(H,25,30). The summed E-state index contributed by atoms with van der Waals surface area (Å²) in [6, 6.07) is 10.6. The van der Waals surface area contributed by atoms with E-state index in [1.165, 1.54) is 6.92 Å². The van der Waals surface area contributed by atoms with Crippen LogP contribution in [0.5, 0.6) is 0 Å². The van der Waals surface area contributed by atoms with Gasteiger partial charge >= 0.3 is 0 Å². The molecule has 0 bridgehead atoms. The second kappa shape index (κ2) is 7.82. The Labute approximate surface area is 173 Å². The van der Waals surface area contributed by atoms with E-state index in [4.69, 9.17) is 0 Å². The largest absolute Gasteiger partial charge is 0.326 e. The molecule has 0 aliphatic rings. The molecule has 0 fully saturated rings. The van der Waals surface area contributed by atoms with E-state index in [1.807, 2.05) is 26.0 Å². The Morgan fingerprint density at radius 3 is 2.67 bits per heavy atom. The number of aromatic nitrogens is 5. The van der Waals surface area contributed by atoms with Crippen LogP contribution >= 0.6 is 0 Å². The van der Waals surface area contributed by atoms with Gasteiger partial charge in [0.05, 0.1) is 6.42 Å². The van der Waals surface area contributed by atoms with Gasteiger partial charge in [-0.3, -0.25) is 14.6 Å². The average Bonchev–Trinajstić information content (AvgIpc) is 3.16. The summed E-state index contributed by atoms with van der Waals surface area (Å²) in [6.45, 7) is 5.24. The van der Waals surface area contributed by atoms with E-state index in [0.717, 1.165) is 22.5 Å². The van der Waals surface area contributed by atoms with Crippen molar-refractivity contribution in [3.05, 3.63) is 71.3 Å². The van der Waals surface area contributed by atoms with Crippen LogP contribution in [0.15, 0.2) is 48.8 Å². The molecule has 150 valence electrons. The minimum Gasteiger partial charge on any atom is -0.326 e. The van der Waals surface area contributed by atoms with E-state index in [9.17, 15) is 9.59 Å². The van der Waals surface area contributed by atoms with Crippen molar-refractivity contribution in [1.29, 1.82) is 0 Å². The molecule has 8 heteroatoms. The summed E-state index contributed by atoms with van der Waals surface area (Å²) < 4.78 is 1.65. The molecule has 1 aromatic carbocycles. The number of aryl methyl sites for hydroxylation is 2. The number of hydrogen-bond donors (Lipinski definition) is 1. The molecule has 1 amide bonds. The number of anilines is 1. The molecule has 0 aliphatic carbocycles. The Hall–Kier alpha value is -3.94. The Bertz CT molecular complexity index is 1260. The molecular formula is C22H20N6O2. The van der Waals surface area contributed by atoms with Crippen LogP contribution in [0.3, 0.4) is 0 Å². The lowest BCUT2D eigenvalue weighted by Crippen LogP contribution is -2.18. The first kappa shape index (κ1) is 19.4. The quantitative estimate of drug-likeness (QED) is 0.516. The molecule has 0 aliphatic heterocycles. The number of ketones is 1. The van der Waals surface area contributed by atoms with Gasteiger partial charge in [0.2, 0.25) is 5.91 Å². The third kappa shape index (κ3) is 3.80. The summed E-state index contributed by atoms with van der Waals surface area (Å²) in [6.07, 6.45) is 3.52. The molecule has 1 N–H and O–H groups in total. The van der Waals surface area contributed by atoms with Crippen LogP contribution in [0.1, 0.15) is 34.2 Å². The molecule has 8 nitrogen and oxygen atoms in total. The first-order valence-electron chi connectivity index (χ1n) is 9.46. The van der Waals surface area contributed by atoms with Gasteiger partial charge in [-0.25, -0.2) is 9.50 Å². The predicted molar refractivity (Wildman–Crippen MR) is 112 cm³/mol. The van der Waals surface area contributed by atoms with Gasteiger partial charge in [0.15, 0.2) is 11.6 Å². The zero-order valence-electron chi connectivity index (χ0n) is 16.9. The lowest BCUT2D eigenvalue weighted by Gasteiger charge is -2.11. The van der Waals surface area contributed by atoms with Crippen molar-refractivity contribution < 1.29 is 9.59 Å². The SMILES string of the molecule is CC(=O)c1cccc(NC(=O)Cc2c(C)nc3nc(-c4cccnc4)nn3c2C)c1. The Morgan fingerprint density at radius 1 is 1.10 bits per heavy atom. The molecule has 0 atom stereocenters. The molecule has 3 heterocycles. The number of pyridine rings is 1. The highest BCUT2D eigenvalue weighted by Gasteiger charge is 2.17. The minimum absolute atomic E-state index is 0.0527. The lowest BCUT2D eigenvalue weighted by atomic mass is 10.1. The van der Waals surface area contributed by atoms with Crippen LogP contribution in [-0.2, 0) is 11.2 Å². The summed E-state index contributed by atoms with van der Waals surface area (Å²) in [5.41, 5.74) is 4.23. The number of carbonyl (C=O) groups is 2. The maximum atomic E-state index is 12.7. The van der Waals surface area contributed by atoms with Crippen LogP contribution in [0.2, 0.25) is 0 Å². The zero-order chi connectivity index (χ0) is 21.3. The monoisotopic (exact) mass is 400 g/mol. The first-order valence-corrected chi connectivity index (χ1v) is 9.46. The van der Waals surface area contributed by atoms with Gasteiger partial charge in [0, 0.05) is 46.2 Å². The van der Waals surface area contributed by atoms with Gasteiger partial charge in [-0.05, 0) is 45.0 Å². The second-order valence-electron chi connectivity index (χ2n) is 7.01. The third-order valence-corrected chi connectivity index (χ3v) is 4.86. The third-order valence-electron chi connectivity index (χ3n) is 4.86. The molecule has 0 saturated heterocycles. The zero-order valence-corrected chi connectivity index (χ0v) is 16.9. The number of rotatable bonds is 5. The highest BCUT2D eigenvalue weighted by atomic mass is 16.1. The van der Waals surface area contributed by atoms with Gasteiger partial charge in [-0.15, -0.1) is 5.10 Å². The van der Waals surface area contributed by atoms with Crippen LogP contribution < -0.4 is 5.32 Å². The fourth-order valence-electron chi connectivity index (χ4n) is 3.26. The molecule has 3 aromatic heterocycles. The van der Waals surface area contributed by atoms with Gasteiger partial charge in [-0.1, -0.05) is 12.1 Å². The number of hydrogen-bond acceptors (Lipinski definition) is 6. The van der Waals surface area contributed by atoms with Crippen LogP contribution in [-0.4, -0.2) is 36.3 Å². The van der Waals surface area contributed by atoms with E-state index in [1.54, 1.807) is 41.2 Å². The Morgan fingerprint density at radius 2 is 1.93 bits per heavy atom. The molecule has 0 saturated carbocycles. The summed E-state index contributed by atoms with van der Waals surface area (Å²) in [4.78, 5) is 37.3. The predicted octanol–water partition coefficient (Wildman–Crippen LogP) is 3.19. The minimum atomic E-state index is -0.198. The maximum absolute atomic E-state index is 12.7. The Kier molecular flexibility index (Phi) is 5.05. The van der Waals surface area contributed by atoms with Crippen molar-refractivity contribution in [3.63, 3.8) is 0 Å². The molecule has 30 heavy (non-hydrogen) atoms. The number of carbonyl (C=O) groups excluding carboxylic acids is 2. The number of nitrogens with zero attached hydrogens (tertiary/aromatic N) is 5. The number of fused-ring (bicyclic) bond motifs is 1. The molecule has 4 rings (SSSR count). The van der Waals surface area contributed by atoms with Crippen molar-refractivity contribution in [3.8, 4) is 11.4 Å². The smallest absolute Gasteiger partial charge is 0.253 e. The summed E-state index contributed by atoms with van der Waals surface area (Å²) in [5, 5.41) is 7.39. The highest BCUT2D eigenvalue weighted by Crippen LogP contribution is 2.19. The molecule has 0 radical (unpaired) electrons. The van der Waals surface area contributed by atoms with Crippen molar-refractivity contribution in [2.24, 2.45) is 0 Å². The van der Waals surface area contributed by atoms with Crippen molar-refractivity contribution in [2.75, 3.05) is 5.32 Å². The summed E-state index contributed by atoms with van der Waals surface area (Å²) >= 11 is 0. The average molecular weight is 400 g/mol. The molecule has 0 spiro atoms. The molecule has 0 unspecified atom stereocenters. The number of amides is 1. The fraction of sp³-hybridized carbons (Fsp3) is 0.182. The first-order chi connectivity index (χ1) is 14.4. The van der Waals surface area contributed by atoms with Crippen LogP contribution in [0, 0.1) is 13.8 Å². The lowest BCUT2D eigenvalue weighted by molar-refractivity contribution is -0.115. The maximum Gasteiger partial charge on any atom is 0.253 e. The van der Waals surface area contributed by atoms with Crippen molar-refractivity contribution in [1.82, 2.24) is 24.6 Å². The van der Waals surface area contributed by atoms with E-state index >= 15 is 0 Å². The fourth-order valence-corrected chi connectivity index (χ4v) is 3.26. The van der Waals surface area contributed by atoms with Crippen LogP contribution in [0.4, 0.5) is 5.69 Å². The summed E-state index contributed by atoms with van der Waals surface area (Å²) in [7, 11) is 0. The van der Waals surface area contributed by atoms with Gasteiger partial charge < -0.3 is 5.32 Å². The Balaban J connectivity index is 1.61. The van der Waals surface area contributed by atoms with Gasteiger partial charge in [-0.2, -0.15) is 4.98 Å². The normalized spacial score (nSPS) is 10.9.